The van der Waals surface area contributed by atoms with Gasteiger partial charge in [-0.05, 0) is 46.5 Å². The normalized spacial score (nSPS) is 26.6. The van der Waals surface area contributed by atoms with Crippen LogP contribution in [0.2, 0.25) is 0 Å². The number of hydrogen-bond acceptors (Lipinski definition) is 23. The lowest BCUT2D eigenvalue weighted by molar-refractivity contribution is -0.261. The molecule has 2 fully saturated rings. The maximum absolute atomic E-state index is 13.3. The van der Waals surface area contributed by atoms with Crippen LogP contribution in [-0.4, -0.2) is 201 Å². The van der Waals surface area contributed by atoms with Crippen LogP contribution in [0.3, 0.4) is 0 Å². The first-order valence-corrected chi connectivity index (χ1v) is 25.3. The molecule has 17 N–H and O–H groups in total. The van der Waals surface area contributed by atoms with Gasteiger partial charge in [-0.2, -0.15) is 4.31 Å². The first-order valence-electron chi connectivity index (χ1n) is 22.3. The molecule has 0 spiro atoms. The van der Waals surface area contributed by atoms with E-state index in [1.54, 1.807) is 0 Å². The number of phosphoric ester groups is 2. The third-order valence-corrected chi connectivity index (χ3v) is 13.6. The molecule has 3 rings (SSSR count). The lowest BCUT2D eigenvalue weighted by Crippen LogP contribution is -2.66. The van der Waals surface area contributed by atoms with Gasteiger partial charge in [-0.1, -0.05) is 0 Å². The number of carboxylic acid groups (broad SMARTS) is 3. The van der Waals surface area contributed by atoms with E-state index in [1.807, 2.05) is 4.98 Å². The number of aliphatic hydroxyl groups excluding tert-OH is 4. The topological polar surface area (TPSA) is 549 Å². The van der Waals surface area contributed by atoms with Crippen molar-refractivity contribution >= 4 is 63.1 Å². The van der Waals surface area contributed by atoms with Gasteiger partial charge in [0.2, 0.25) is 29.5 Å². The van der Waals surface area contributed by atoms with Crippen molar-refractivity contribution in [1.29, 1.82) is 0 Å². The third-order valence-electron chi connectivity index (χ3n) is 11.0. The van der Waals surface area contributed by atoms with Gasteiger partial charge in [-0.25, -0.2) is 18.7 Å². The predicted molar refractivity (Wildman–Crippen MR) is 242 cm³/mol. The molecule has 17 unspecified atom stereocenters. The van der Waals surface area contributed by atoms with Crippen LogP contribution in [0.5, 0.6) is 0 Å². The van der Waals surface area contributed by atoms with Gasteiger partial charge >= 0.3 is 39.2 Å². The van der Waals surface area contributed by atoms with Crippen LogP contribution in [0.25, 0.3) is 0 Å². The molecule has 1 aromatic rings. The molecule has 5 amide bonds. The second-order valence-corrected chi connectivity index (χ2v) is 19.9. The maximum Gasteiger partial charge on any atom is 0.483 e. The molecule has 0 radical (unpaired) electrons. The van der Waals surface area contributed by atoms with E-state index in [1.165, 1.54) is 0 Å². The van der Waals surface area contributed by atoms with E-state index in [0.29, 0.717) is 4.57 Å². The zero-order valence-electron chi connectivity index (χ0n) is 40.1. The summed E-state index contributed by atoms with van der Waals surface area (Å²) in [5.41, 5.74) is 3.59. The number of aliphatic hydroxyl groups is 4. The van der Waals surface area contributed by atoms with Gasteiger partial charge in [-0.15, -0.1) is 0 Å². The van der Waals surface area contributed by atoms with Crippen LogP contribution in [0.4, 0.5) is 0 Å². The summed E-state index contributed by atoms with van der Waals surface area (Å²) in [4.78, 5) is 145. The van der Waals surface area contributed by atoms with Crippen molar-refractivity contribution in [3.63, 3.8) is 0 Å². The van der Waals surface area contributed by atoms with Crippen LogP contribution >= 0.6 is 15.6 Å². The minimum Gasteiger partial charge on any atom is -0.480 e. The molecule has 2 saturated heterocycles. The van der Waals surface area contributed by atoms with Crippen molar-refractivity contribution in [3.8, 4) is 0 Å². The fraction of sp³-hybridized carbons (Fsp3) is 0.684. The highest BCUT2D eigenvalue weighted by atomic mass is 31.3. The van der Waals surface area contributed by atoms with Gasteiger partial charge in [0.15, 0.2) is 12.5 Å². The number of phosphoric acid groups is 2. The Morgan fingerprint density at radius 3 is 2.00 bits per heavy atom. The van der Waals surface area contributed by atoms with E-state index in [-0.39, 0.29) is 19.3 Å². The molecule has 2 aliphatic rings. The molecular weight excluding hydrogens is 1060 g/mol. The number of aromatic nitrogens is 2. The first kappa shape index (κ1) is 63.7. The number of nitrogens with zero attached hydrogens (tertiary/aromatic N) is 1. The van der Waals surface area contributed by atoms with Crippen molar-refractivity contribution in [1.82, 2.24) is 36.1 Å². The number of nitrogens with two attached hydrogens (primary N) is 1. The Hall–Kier alpha value is -5.62. The predicted octanol–water partition coefficient (Wildman–Crippen LogP) is -6.73. The molecule has 0 aliphatic carbocycles. The number of carbonyl (C=O) groups is 8. The third kappa shape index (κ3) is 19.2. The summed E-state index contributed by atoms with van der Waals surface area (Å²) in [6.45, 7) is 1.88. The number of carbonyl (C=O) groups excluding carboxylic acids is 5. The van der Waals surface area contributed by atoms with Crippen molar-refractivity contribution in [3.05, 3.63) is 33.1 Å². The second kappa shape index (κ2) is 28.0. The Labute approximate surface area is 422 Å². The number of hydrogen-bond donors (Lipinski definition) is 16. The molecule has 37 heteroatoms. The van der Waals surface area contributed by atoms with Crippen molar-refractivity contribution in [2.45, 2.75) is 151 Å². The van der Waals surface area contributed by atoms with Gasteiger partial charge < -0.3 is 92.1 Å². The number of aliphatic carboxylic acids is 3. The number of ether oxygens (including phenoxy) is 3. The molecule has 35 nitrogen and oxygen atoms in total. The first-order chi connectivity index (χ1) is 34.8. The van der Waals surface area contributed by atoms with Gasteiger partial charge in [-0.3, -0.25) is 57.0 Å². The lowest BCUT2D eigenvalue weighted by Gasteiger charge is -2.44. The molecule has 17 atom stereocenters. The molecule has 0 bridgehead atoms. The SMILES string of the molecule is CC(=O)NC1C(OP(=O)(O)OP(=O)(O)OCC2OC(n3ccc(=O)[nH]c3=O)C(O)C2O)OC(CO)C(O)C1OC(C)C(=O)NC(C)C(=O)NC(CCC(=O)NC(CCCC(N)C(=O)O)C(=O)NC(C)C(=O)O)C(=O)O. The van der Waals surface area contributed by atoms with Crippen LogP contribution in [0.1, 0.15) is 66.0 Å². The second-order valence-electron chi connectivity index (χ2n) is 16.9. The highest BCUT2D eigenvalue weighted by Gasteiger charge is 2.52. The zero-order valence-corrected chi connectivity index (χ0v) is 41.8. The highest BCUT2D eigenvalue weighted by molar-refractivity contribution is 7.61. The number of rotatable bonds is 29. The van der Waals surface area contributed by atoms with E-state index in [0.717, 1.165) is 40.0 Å². The van der Waals surface area contributed by atoms with Crippen LogP contribution < -0.4 is 43.6 Å². The average Bonchev–Trinajstić information content (AvgIpc) is 3.58. The van der Waals surface area contributed by atoms with E-state index in [2.05, 4.69) is 35.4 Å². The smallest absolute Gasteiger partial charge is 0.480 e. The molecule has 0 saturated carbocycles. The largest absolute Gasteiger partial charge is 0.483 e. The van der Waals surface area contributed by atoms with Gasteiger partial charge in [0.1, 0.15) is 79.0 Å². The lowest BCUT2D eigenvalue weighted by atomic mass is 9.96. The number of carboxylic acids is 3. The average molecular weight is 1120 g/mol. The van der Waals surface area contributed by atoms with Crippen LogP contribution in [0.15, 0.2) is 21.9 Å². The van der Waals surface area contributed by atoms with E-state index in [9.17, 15) is 92.4 Å². The molecule has 0 aromatic carbocycles. The number of aromatic amines is 1. The number of H-pyrrole nitrogens is 1. The highest BCUT2D eigenvalue weighted by Crippen LogP contribution is 2.61. The van der Waals surface area contributed by atoms with E-state index >= 15 is 0 Å². The Morgan fingerprint density at radius 1 is 0.787 bits per heavy atom. The standard InChI is InChI=1S/C38H60N8O27P2/c1-14(30(54)44-20(36(61)62)8-9-23(49)43-19(7-5-6-18(39)35(59)60)32(56)41-15(2)34(57)58)40-31(55)16(3)69-29-25(42-17(4)48)37(71-21(12-47)27(29)52)72-75(66,67)73-74(64,65)68-13-22-26(51)28(53)33(70-22)46-11-10-24(50)45-38(46)63/h10-11,14-16,18-22,25-29,33,37,47,51-53H,5-9,12-13,39H2,1-4H3,(H,40,55)(H,41,56)(H,42,48)(H,43,49)(H,44,54)(H,57,58)(H,59,60)(H,61,62)(H,64,65)(H,66,67)(H,45,50,63). The van der Waals surface area contributed by atoms with Gasteiger partial charge in [0, 0.05) is 25.6 Å². The van der Waals surface area contributed by atoms with E-state index in [4.69, 9.17) is 34.7 Å². The monoisotopic (exact) mass is 1120 g/mol. The van der Waals surface area contributed by atoms with Crippen molar-refractivity contribution in [2.24, 2.45) is 5.73 Å². The van der Waals surface area contributed by atoms with Gasteiger partial charge in [0.25, 0.3) is 5.56 Å². The van der Waals surface area contributed by atoms with Gasteiger partial charge in [0.05, 0.1) is 13.2 Å². The molecule has 3 heterocycles. The number of nitrogens with one attached hydrogen (secondary N) is 6. The summed E-state index contributed by atoms with van der Waals surface area (Å²) in [5, 5.41) is 80.8. The van der Waals surface area contributed by atoms with Crippen LogP contribution in [0, 0.1) is 0 Å². The summed E-state index contributed by atoms with van der Waals surface area (Å²) >= 11 is 0. The summed E-state index contributed by atoms with van der Waals surface area (Å²) in [6.07, 6.45) is -17.8. The molecule has 75 heavy (non-hydrogen) atoms. The van der Waals surface area contributed by atoms with Crippen molar-refractivity contribution in [2.75, 3.05) is 13.2 Å². The number of amides is 5. The molecule has 2 aliphatic heterocycles. The quantitative estimate of drug-likeness (QED) is 0.0332. The summed E-state index contributed by atoms with van der Waals surface area (Å²) in [5.74, 6) is -9.59. The summed E-state index contributed by atoms with van der Waals surface area (Å²) < 4.78 is 56.9. The van der Waals surface area contributed by atoms with Crippen LogP contribution in [-0.2, 0) is 75.1 Å². The fourth-order valence-electron chi connectivity index (χ4n) is 7.00. The minimum absolute atomic E-state index is 0.0218. The Morgan fingerprint density at radius 2 is 1.43 bits per heavy atom. The Kier molecular flexibility index (Phi) is 23.7. The summed E-state index contributed by atoms with van der Waals surface area (Å²) in [7, 11) is -11.7. The zero-order chi connectivity index (χ0) is 56.9. The molecule has 1 aromatic heterocycles. The van der Waals surface area contributed by atoms with Crippen molar-refractivity contribution < 1.29 is 121 Å². The Balaban J connectivity index is 1.66. The Bertz CT molecular complexity index is 2440. The minimum atomic E-state index is -5.95. The fourth-order valence-corrected chi connectivity index (χ4v) is 9.17. The molecule has 424 valence electrons. The molecular formula is C38H60N8O27P2. The maximum atomic E-state index is 13.3. The summed E-state index contributed by atoms with van der Waals surface area (Å²) in [6, 6.07) is -8.58. The van der Waals surface area contributed by atoms with E-state index < -0.39 is 192 Å².